The summed E-state index contributed by atoms with van der Waals surface area (Å²) in [6.07, 6.45) is 5.81. The van der Waals surface area contributed by atoms with Gasteiger partial charge in [0.2, 0.25) is 5.91 Å². The van der Waals surface area contributed by atoms with E-state index in [2.05, 4.69) is 20.9 Å². The van der Waals surface area contributed by atoms with E-state index >= 15 is 0 Å². The molecule has 1 amide bonds. The van der Waals surface area contributed by atoms with E-state index in [0.717, 1.165) is 52.6 Å². The Morgan fingerprint density at radius 2 is 1.85 bits per heavy atom. The number of amides is 1. The maximum atomic E-state index is 12.9. The first-order valence-corrected chi connectivity index (χ1v) is 14.9. The Bertz CT molecular complexity index is 1530. The standard InChI is InChI=1S/C30H30BrN3O5S/c1-3-38-22-10-8-21(9-11-22)32-29-27(30(37)39-4-2)28(36)25(40-29)15-19-17-34(18-26(35)33-13-5-6-14-33)24-12-7-20(31)16-23(19)24/h7-12,15-17,36H,3-6,13-14,18H2,1-2H3/b25-15-,32-29?. The molecule has 3 aromatic rings. The second-order valence-corrected chi connectivity index (χ2v) is 11.3. The van der Waals surface area contributed by atoms with E-state index in [1.807, 2.05) is 59.0 Å². The summed E-state index contributed by atoms with van der Waals surface area (Å²) in [5.41, 5.74) is 2.36. The summed E-state index contributed by atoms with van der Waals surface area (Å²) in [5.74, 6) is -0.0103. The Labute approximate surface area is 245 Å². The fraction of sp³-hybridized carbons (Fsp3) is 0.300. The molecule has 2 aliphatic heterocycles. The number of aromatic nitrogens is 1. The zero-order valence-electron chi connectivity index (χ0n) is 22.4. The number of rotatable bonds is 8. The molecule has 2 aliphatic rings. The minimum Gasteiger partial charge on any atom is -0.506 e. The van der Waals surface area contributed by atoms with Crippen LogP contribution in [0.5, 0.6) is 5.75 Å². The predicted octanol–water partition coefficient (Wildman–Crippen LogP) is 6.62. The van der Waals surface area contributed by atoms with E-state index < -0.39 is 5.97 Å². The molecule has 1 saturated heterocycles. The summed E-state index contributed by atoms with van der Waals surface area (Å²) < 4.78 is 13.6. The summed E-state index contributed by atoms with van der Waals surface area (Å²) in [6.45, 7) is 6.18. The van der Waals surface area contributed by atoms with Gasteiger partial charge in [-0.2, -0.15) is 0 Å². The van der Waals surface area contributed by atoms with Crippen LogP contribution in [0.2, 0.25) is 0 Å². The molecule has 0 atom stereocenters. The van der Waals surface area contributed by atoms with Crippen LogP contribution in [0.25, 0.3) is 17.0 Å². The summed E-state index contributed by atoms with van der Waals surface area (Å²) in [4.78, 5) is 32.8. The van der Waals surface area contributed by atoms with Gasteiger partial charge in [0.15, 0.2) is 0 Å². The van der Waals surface area contributed by atoms with Crippen LogP contribution >= 0.6 is 27.7 Å². The highest BCUT2D eigenvalue weighted by Crippen LogP contribution is 2.41. The van der Waals surface area contributed by atoms with E-state index in [-0.39, 0.29) is 30.4 Å². The molecule has 5 rings (SSSR count). The molecule has 8 nitrogen and oxygen atoms in total. The molecule has 208 valence electrons. The number of carbonyl (C=O) groups excluding carboxylic acids is 2. The van der Waals surface area contributed by atoms with Crippen molar-refractivity contribution in [1.82, 2.24) is 9.47 Å². The van der Waals surface area contributed by atoms with Crippen molar-refractivity contribution in [1.29, 1.82) is 0 Å². The molecule has 0 bridgehead atoms. The van der Waals surface area contributed by atoms with Crippen LogP contribution in [0, 0.1) is 0 Å². The lowest BCUT2D eigenvalue weighted by atomic mass is 10.1. The van der Waals surface area contributed by atoms with Gasteiger partial charge in [-0.05, 0) is 75.2 Å². The number of esters is 1. The monoisotopic (exact) mass is 623 g/mol. The van der Waals surface area contributed by atoms with Crippen molar-refractivity contribution >= 4 is 67.3 Å². The number of fused-ring (bicyclic) bond motifs is 1. The number of hydrogen-bond donors (Lipinski definition) is 1. The summed E-state index contributed by atoms with van der Waals surface area (Å²) in [7, 11) is 0. The first-order chi connectivity index (χ1) is 19.4. The van der Waals surface area contributed by atoms with Gasteiger partial charge >= 0.3 is 5.97 Å². The Balaban J connectivity index is 1.53. The molecule has 0 spiro atoms. The van der Waals surface area contributed by atoms with Crippen LogP contribution in [0.4, 0.5) is 5.69 Å². The van der Waals surface area contributed by atoms with Crippen LogP contribution in [-0.2, 0) is 20.9 Å². The number of aliphatic hydroxyl groups is 1. The summed E-state index contributed by atoms with van der Waals surface area (Å²) in [6, 6.07) is 13.1. The van der Waals surface area contributed by atoms with Crippen LogP contribution < -0.4 is 4.74 Å². The van der Waals surface area contributed by atoms with E-state index in [4.69, 9.17) is 9.47 Å². The van der Waals surface area contributed by atoms with Crippen LogP contribution in [-0.4, -0.2) is 57.8 Å². The fourth-order valence-electron chi connectivity index (χ4n) is 4.79. The number of nitrogens with zero attached hydrogens (tertiary/aromatic N) is 3. The Morgan fingerprint density at radius 3 is 2.55 bits per heavy atom. The average Bonchev–Trinajstić information content (AvgIpc) is 3.65. The zero-order chi connectivity index (χ0) is 28.2. The zero-order valence-corrected chi connectivity index (χ0v) is 24.8. The van der Waals surface area contributed by atoms with Crippen LogP contribution in [0.15, 0.2) is 74.4 Å². The molecule has 0 radical (unpaired) electrons. The van der Waals surface area contributed by atoms with Crippen molar-refractivity contribution in [3.05, 3.63) is 74.9 Å². The number of halogens is 1. The van der Waals surface area contributed by atoms with Gasteiger partial charge in [-0.3, -0.25) is 4.79 Å². The smallest absolute Gasteiger partial charge is 0.344 e. The van der Waals surface area contributed by atoms with Crippen molar-refractivity contribution in [2.75, 3.05) is 26.3 Å². The Morgan fingerprint density at radius 1 is 1.10 bits per heavy atom. The Kier molecular flexibility index (Phi) is 8.66. The second-order valence-electron chi connectivity index (χ2n) is 9.36. The van der Waals surface area contributed by atoms with E-state index in [0.29, 0.717) is 22.2 Å². The summed E-state index contributed by atoms with van der Waals surface area (Å²) in [5, 5.41) is 12.5. The normalized spacial score (nSPS) is 17.4. The van der Waals surface area contributed by atoms with Gasteiger partial charge in [0, 0.05) is 40.2 Å². The lowest BCUT2D eigenvalue weighted by Crippen LogP contribution is -2.30. The third-order valence-corrected chi connectivity index (χ3v) is 8.19. The van der Waals surface area contributed by atoms with Gasteiger partial charge in [0.05, 0.1) is 23.8 Å². The number of thioether (sulfide) groups is 1. The number of aliphatic imine (C=N–C) groups is 1. The van der Waals surface area contributed by atoms with Gasteiger partial charge in [-0.25, -0.2) is 9.79 Å². The van der Waals surface area contributed by atoms with Gasteiger partial charge in [0.25, 0.3) is 0 Å². The van der Waals surface area contributed by atoms with Crippen LogP contribution in [0.1, 0.15) is 32.3 Å². The molecular weight excluding hydrogens is 594 g/mol. The molecule has 1 aromatic heterocycles. The molecule has 3 heterocycles. The first kappa shape index (κ1) is 28.0. The third-order valence-electron chi connectivity index (χ3n) is 6.67. The molecule has 1 N–H and O–H groups in total. The minimum absolute atomic E-state index is 0.0288. The number of aliphatic hydroxyl groups excluding tert-OH is 1. The molecule has 0 unspecified atom stereocenters. The van der Waals surface area contributed by atoms with Crippen molar-refractivity contribution in [2.45, 2.75) is 33.2 Å². The molecule has 1 fully saturated rings. The highest BCUT2D eigenvalue weighted by atomic mass is 79.9. The average molecular weight is 625 g/mol. The summed E-state index contributed by atoms with van der Waals surface area (Å²) >= 11 is 4.75. The lowest BCUT2D eigenvalue weighted by Gasteiger charge is -2.16. The number of benzene rings is 2. The first-order valence-electron chi connectivity index (χ1n) is 13.3. The maximum absolute atomic E-state index is 12.9. The largest absolute Gasteiger partial charge is 0.506 e. The number of hydrogen-bond acceptors (Lipinski definition) is 7. The number of carbonyl (C=O) groups is 2. The third kappa shape index (κ3) is 5.97. The highest BCUT2D eigenvalue weighted by Gasteiger charge is 2.33. The van der Waals surface area contributed by atoms with Gasteiger partial charge in [0.1, 0.15) is 28.7 Å². The quantitative estimate of drug-likeness (QED) is 0.284. The SMILES string of the molecule is CCOC(=O)C1=C(O)/C(=C/c2cn(CC(=O)N3CCCC3)c3ccc(Br)cc23)SC1=Nc1ccc(OCC)cc1. The molecule has 0 aliphatic carbocycles. The van der Waals surface area contributed by atoms with Crippen molar-refractivity contribution in [3.8, 4) is 5.75 Å². The minimum atomic E-state index is -0.637. The second kappa shape index (κ2) is 12.3. The van der Waals surface area contributed by atoms with E-state index in [1.54, 1.807) is 19.1 Å². The molecule has 2 aromatic carbocycles. The fourth-order valence-corrected chi connectivity index (χ4v) is 6.18. The van der Waals surface area contributed by atoms with E-state index in [1.165, 1.54) is 11.8 Å². The molecular formula is C30H30BrN3O5S. The van der Waals surface area contributed by atoms with Crippen molar-refractivity contribution < 1.29 is 24.2 Å². The topological polar surface area (TPSA) is 93.4 Å². The van der Waals surface area contributed by atoms with Crippen molar-refractivity contribution in [3.63, 3.8) is 0 Å². The lowest BCUT2D eigenvalue weighted by molar-refractivity contribution is -0.138. The molecule has 40 heavy (non-hydrogen) atoms. The number of ether oxygens (including phenoxy) is 2. The predicted molar refractivity (Wildman–Crippen MR) is 162 cm³/mol. The van der Waals surface area contributed by atoms with Gasteiger partial charge in [-0.15, -0.1) is 0 Å². The highest BCUT2D eigenvalue weighted by molar-refractivity contribution is 9.10. The molecule has 0 saturated carbocycles. The maximum Gasteiger partial charge on any atom is 0.344 e. The van der Waals surface area contributed by atoms with Gasteiger partial charge in [-0.1, -0.05) is 27.7 Å². The van der Waals surface area contributed by atoms with E-state index in [9.17, 15) is 14.7 Å². The number of likely N-dealkylation sites (tertiary alicyclic amines) is 1. The van der Waals surface area contributed by atoms with Gasteiger partial charge < -0.3 is 24.0 Å². The van der Waals surface area contributed by atoms with Crippen LogP contribution in [0.3, 0.4) is 0 Å². The molecule has 10 heteroatoms. The van der Waals surface area contributed by atoms with Crippen molar-refractivity contribution in [2.24, 2.45) is 4.99 Å². The Hall–Kier alpha value is -3.50.